The number of fused-ring (bicyclic) bond motifs is 1. The molecule has 0 saturated carbocycles. The largest absolute Gasteiger partial charge is 0.394 e. The van der Waals surface area contributed by atoms with Gasteiger partial charge in [-0.3, -0.25) is 9.36 Å². The molecule has 34 heavy (non-hydrogen) atoms. The van der Waals surface area contributed by atoms with E-state index in [-0.39, 0.29) is 22.5 Å². The van der Waals surface area contributed by atoms with Gasteiger partial charge in [-0.2, -0.15) is 0 Å². The van der Waals surface area contributed by atoms with Gasteiger partial charge in [0.2, 0.25) is 11.5 Å². The van der Waals surface area contributed by atoms with Crippen molar-refractivity contribution in [2.45, 2.75) is 44.8 Å². The fourth-order valence-corrected chi connectivity index (χ4v) is 4.01. The van der Waals surface area contributed by atoms with Crippen LogP contribution in [0.3, 0.4) is 0 Å². The van der Waals surface area contributed by atoms with E-state index in [1.54, 1.807) is 30.3 Å². The first kappa shape index (κ1) is 25.7. The third-order valence-electron chi connectivity index (χ3n) is 6.04. The molecule has 11 heteroatoms. The first-order valence-corrected chi connectivity index (χ1v) is 11.3. The van der Waals surface area contributed by atoms with Crippen LogP contribution < -0.4 is 5.73 Å². The summed E-state index contributed by atoms with van der Waals surface area (Å²) in [6, 6.07) is 8.17. The van der Waals surface area contributed by atoms with Crippen molar-refractivity contribution in [2.75, 3.05) is 32.0 Å². The van der Waals surface area contributed by atoms with E-state index in [1.165, 1.54) is 36.9 Å². The van der Waals surface area contributed by atoms with E-state index < -0.39 is 36.4 Å². The molecule has 1 aromatic carbocycles. The van der Waals surface area contributed by atoms with Gasteiger partial charge in [0.1, 0.15) is 36.5 Å². The van der Waals surface area contributed by atoms with Gasteiger partial charge in [0.15, 0.2) is 11.5 Å². The number of imidazole rings is 1. The summed E-state index contributed by atoms with van der Waals surface area (Å²) in [6.45, 7) is 9.53. The van der Waals surface area contributed by atoms with Crippen molar-refractivity contribution in [1.82, 2.24) is 24.4 Å². The molecule has 4 atom stereocenters. The van der Waals surface area contributed by atoms with Crippen molar-refractivity contribution in [3.63, 3.8) is 0 Å². The molecule has 0 aliphatic carbocycles. The predicted molar refractivity (Wildman–Crippen MR) is 126 cm³/mol. The van der Waals surface area contributed by atoms with Crippen molar-refractivity contribution in [3.05, 3.63) is 48.5 Å². The van der Waals surface area contributed by atoms with Crippen LogP contribution in [-0.2, 0) is 10.5 Å². The molecule has 2 aromatic heterocycles. The highest BCUT2D eigenvalue weighted by Crippen LogP contribution is 2.40. The van der Waals surface area contributed by atoms with Crippen molar-refractivity contribution in [2.24, 2.45) is 0 Å². The zero-order valence-electron chi connectivity index (χ0n) is 19.6. The van der Waals surface area contributed by atoms with Crippen molar-refractivity contribution in [3.8, 4) is 0 Å². The summed E-state index contributed by atoms with van der Waals surface area (Å²) in [5.41, 5.74) is 4.34. The number of Topliss-reactive ketones (excluding diaryl/α,β-unsaturated/α-hetero) is 1. The number of nitrogens with zero attached hydrogens (tertiary/aromatic N) is 5. The van der Waals surface area contributed by atoms with Crippen molar-refractivity contribution < 1.29 is 24.9 Å². The molecular formula is C23H32N6O5. The molecule has 11 nitrogen and oxygen atoms in total. The predicted octanol–water partition coefficient (Wildman–Crippen LogP) is 0.405. The molecule has 1 aliphatic rings. The van der Waals surface area contributed by atoms with Gasteiger partial charge in [0.25, 0.3) is 0 Å². The topological polar surface area (TPSA) is 160 Å². The Bertz CT molecular complexity index is 1080. The lowest BCUT2D eigenvalue weighted by Crippen LogP contribution is -2.51. The molecule has 3 heterocycles. The van der Waals surface area contributed by atoms with Crippen LogP contribution in [0.25, 0.3) is 11.2 Å². The number of aromatic nitrogens is 4. The maximum Gasteiger partial charge on any atom is 0.241 e. The van der Waals surface area contributed by atoms with Gasteiger partial charge in [-0.25, -0.2) is 15.0 Å². The van der Waals surface area contributed by atoms with Crippen LogP contribution in [0.4, 0.5) is 5.82 Å². The van der Waals surface area contributed by atoms with Gasteiger partial charge in [-0.1, -0.05) is 51.1 Å². The number of hydrogen-bond donors (Lipinski definition) is 4. The minimum atomic E-state index is -2.08. The molecule has 1 fully saturated rings. The standard InChI is InChI=1S/C17H17N5O5.C6H15N/c18-15-11-16(20-7-19-15)22(8-21-11)17(13(25)9-4-2-1-3-5-9)14(26)12(24)10(6-23)27-17;1-4-7(5-2)6-3/h1-5,7-8,10,12,14,23-24,26H,6H2,(H2,18,19,20);4-6H2,1-3H3/t10-,12-,14-,17-;/m1./s1. The molecule has 0 radical (unpaired) electrons. The Hall–Kier alpha value is -2.96. The van der Waals surface area contributed by atoms with Crippen LogP contribution in [0, 0.1) is 0 Å². The lowest BCUT2D eigenvalue weighted by molar-refractivity contribution is -0.113. The third-order valence-corrected chi connectivity index (χ3v) is 6.04. The number of aliphatic hydroxyl groups excluding tert-OH is 3. The minimum Gasteiger partial charge on any atom is -0.394 e. The van der Waals surface area contributed by atoms with Gasteiger partial charge in [0, 0.05) is 5.56 Å². The molecular weight excluding hydrogens is 440 g/mol. The van der Waals surface area contributed by atoms with Crippen LogP contribution in [0.2, 0.25) is 0 Å². The van der Waals surface area contributed by atoms with Gasteiger partial charge in [-0.05, 0) is 19.6 Å². The van der Waals surface area contributed by atoms with E-state index in [9.17, 15) is 20.1 Å². The van der Waals surface area contributed by atoms with E-state index in [0.29, 0.717) is 0 Å². The van der Waals surface area contributed by atoms with Crippen molar-refractivity contribution in [1.29, 1.82) is 0 Å². The molecule has 0 spiro atoms. The van der Waals surface area contributed by atoms with E-state index in [2.05, 4.69) is 40.6 Å². The highest BCUT2D eigenvalue weighted by molar-refractivity contribution is 6.02. The number of ether oxygens (including phenoxy) is 1. The monoisotopic (exact) mass is 472 g/mol. The van der Waals surface area contributed by atoms with E-state index >= 15 is 0 Å². The maximum atomic E-state index is 13.4. The zero-order valence-corrected chi connectivity index (χ0v) is 19.6. The van der Waals surface area contributed by atoms with Gasteiger partial charge in [-0.15, -0.1) is 0 Å². The molecule has 0 bridgehead atoms. The number of hydrogen-bond acceptors (Lipinski definition) is 10. The number of carbonyl (C=O) groups is 1. The summed E-state index contributed by atoms with van der Waals surface area (Å²) in [5.74, 6) is -0.533. The Morgan fingerprint density at radius 3 is 2.29 bits per heavy atom. The lowest BCUT2D eigenvalue weighted by atomic mass is 9.93. The fourth-order valence-electron chi connectivity index (χ4n) is 4.01. The molecule has 5 N–H and O–H groups in total. The number of nitrogen functional groups attached to an aromatic ring is 1. The minimum absolute atomic E-state index is 0.0906. The maximum absolute atomic E-state index is 13.4. The molecule has 1 aliphatic heterocycles. The number of rotatable bonds is 7. The number of carbonyl (C=O) groups excluding carboxylic acids is 1. The number of aliphatic hydroxyl groups is 3. The summed E-state index contributed by atoms with van der Waals surface area (Å²) in [5, 5.41) is 30.7. The number of nitrogens with two attached hydrogens (primary N) is 1. The Kier molecular flexibility index (Phi) is 8.28. The summed E-state index contributed by atoms with van der Waals surface area (Å²) >= 11 is 0. The second kappa shape index (κ2) is 11.0. The van der Waals surface area contributed by atoms with Crippen LogP contribution >= 0.6 is 0 Å². The number of benzene rings is 1. The zero-order chi connectivity index (χ0) is 24.9. The van der Waals surface area contributed by atoms with Crippen LogP contribution in [0.5, 0.6) is 0 Å². The number of ketones is 1. The summed E-state index contributed by atoms with van der Waals surface area (Å²) in [4.78, 5) is 27.9. The van der Waals surface area contributed by atoms with Gasteiger partial charge < -0.3 is 30.7 Å². The highest BCUT2D eigenvalue weighted by Gasteiger charge is 2.60. The van der Waals surface area contributed by atoms with Crippen LogP contribution in [-0.4, -0.2) is 90.1 Å². The lowest BCUT2D eigenvalue weighted by Gasteiger charge is -2.32. The van der Waals surface area contributed by atoms with E-state index in [1.807, 2.05) is 0 Å². The molecule has 0 unspecified atom stereocenters. The fraction of sp³-hybridized carbons (Fsp3) is 0.478. The number of anilines is 1. The second-order valence-corrected chi connectivity index (χ2v) is 7.83. The van der Waals surface area contributed by atoms with Crippen molar-refractivity contribution >= 4 is 22.8 Å². The first-order valence-electron chi connectivity index (χ1n) is 11.3. The molecule has 184 valence electrons. The quantitative estimate of drug-likeness (QED) is 0.355. The molecule has 3 aromatic rings. The normalized spacial score (nSPS) is 24.3. The smallest absolute Gasteiger partial charge is 0.241 e. The molecule has 1 saturated heterocycles. The average Bonchev–Trinajstić information content (AvgIpc) is 3.42. The Labute approximate surface area is 197 Å². The van der Waals surface area contributed by atoms with E-state index in [4.69, 9.17) is 10.5 Å². The third kappa shape index (κ3) is 4.52. The van der Waals surface area contributed by atoms with E-state index in [0.717, 1.165) is 0 Å². The van der Waals surface area contributed by atoms with Crippen LogP contribution in [0.1, 0.15) is 31.1 Å². The first-order chi connectivity index (χ1) is 16.3. The Morgan fingerprint density at radius 2 is 1.76 bits per heavy atom. The Morgan fingerprint density at radius 1 is 1.12 bits per heavy atom. The van der Waals surface area contributed by atoms with Gasteiger partial charge in [0.05, 0.1) is 6.61 Å². The second-order valence-electron chi connectivity index (χ2n) is 7.83. The summed E-state index contributed by atoms with van der Waals surface area (Å²) in [7, 11) is 0. The molecule has 0 amide bonds. The average molecular weight is 473 g/mol. The van der Waals surface area contributed by atoms with Gasteiger partial charge >= 0.3 is 0 Å². The Balaban J connectivity index is 0.000000406. The summed E-state index contributed by atoms with van der Waals surface area (Å²) in [6.07, 6.45) is -1.93. The summed E-state index contributed by atoms with van der Waals surface area (Å²) < 4.78 is 6.98. The SMILES string of the molecule is CCN(CC)CC.Nc1ncnc2c1ncn2[C@]1(C(=O)c2ccccc2)O[C@H](CO)[C@@H](O)[C@H]1O. The highest BCUT2D eigenvalue weighted by atomic mass is 16.6. The van der Waals surface area contributed by atoms with Crippen LogP contribution in [0.15, 0.2) is 43.0 Å². The molecule has 4 rings (SSSR count).